The fourth-order valence-electron chi connectivity index (χ4n) is 1.76. The zero-order valence-electron chi connectivity index (χ0n) is 9.56. The lowest BCUT2D eigenvalue weighted by atomic mass is 10.2. The SMILES string of the molecule is O=C(Cl)c1ccc2nc(-c3ccc(F)cc3)oc2c1. The standard InChI is InChI=1S/C14H7ClFNO2/c15-13(18)9-3-6-11-12(7-9)19-14(17-11)8-1-4-10(16)5-2-8/h1-7H. The Morgan fingerprint density at radius 3 is 2.58 bits per heavy atom. The number of carbonyl (C=O) groups excluding carboxylic acids is 1. The smallest absolute Gasteiger partial charge is 0.252 e. The van der Waals surface area contributed by atoms with Crippen molar-refractivity contribution in [2.75, 3.05) is 0 Å². The average molecular weight is 276 g/mol. The predicted molar refractivity (Wildman–Crippen MR) is 69.6 cm³/mol. The van der Waals surface area contributed by atoms with Crippen molar-refractivity contribution in [1.29, 1.82) is 0 Å². The summed E-state index contributed by atoms with van der Waals surface area (Å²) in [5.74, 6) is 0.0454. The van der Waals surface area contributed by atoms with Gasteiger partial charge in [-0.2, -0.15) is 0 Å². The number of nitrogens with zero attached hydrogens (tertiary/aromatic N) is 1. The lowest BCUT2D eigenvalue weighted by molar-refractivity contribution is 0.108. The van der Waals surface area contributed by atoms with Crippen LogP contribution in [0.25, 0.3) is 22.6 Å². The van der Waals surface area contributed by atoms with Crippen molar-refractivity contribution < 1.29 is 13.6 Å². The second-order valence-corrected chi connectivity index (χ2v) is 4.33. The van der Waals surface area contributed by atoms with E-state index in [4.69, 9.17) is 16.0 Å². The van der Waals surface area contributed by atoms with Crippen molar-refractivity contribution in [3.8, 4) is 11.5 Å². The first kappa shape index (κ1) is 11.9. The summed E-state index contributed by atoms with van der Waals surface area (Å²) in [6, 6.07) is 10.6. The second kappa shape index (κ2) is 4.48. The van der Waals surface area contributed by atoms with Crippen LogP contribution in [-0.2, 0) is 0 Å². The molecular formula is C14H7ClFNO2. The summed E-state index contributed by atoms with van der Waals surface area (Å²) in [5, 5.41) is -0.554. The fourth-order valence-corrected chi connectivity index (χ4v) is 1.88. The number of halogens is 2. The van der Waals surface area contributed by atoms with Gasteiger partial charge >= 0.3 is 0 Å². The van der Waals surface area contributed by atoms with Gasteiger partial charge < -0.3 is 4.42 Å². The van der Waals surface area contributed by atoms with Crippen LogP contribution in [0.4, 0.5) is 4.39 Å². The van der Waals surface area contributed by atoms with E-state index in [1.54, 1.807) is 24.3 Å². The molecule has 1 heterocycles. The maximum absolute atomic E-state index is 12.8. The molecule has 0 aliphatic heterocycles. The van der Waals surface area contributed by atoms with Crippen LogP contribution in [0.1, 0.15) is 10.4 Å². The maximum atomic E-state index is 12.8. The molecule has 0 unspecified atom stereocenters. The van der Waals surface area contributed by atoms with Crippen LogP contribution >= 0.6 is 11.6 Å². The minimum atomic E-state index is -0.554. The van der Waals surface area contributed by atoms with Gasteiger partial charge in [0.25, 0.3) is 5.24 Å². The Hall–Kier alpha value is -2.20. The van der Waals surface area contributed by atoms with Crippen LogP contribution in [0.2, 0.25) is 0 Å². The highest BCUT2D eigenvalue weighted by Gasteiger charge is 2.10. The molecule has 0 aliphatic carbocycles. The highest BCUT2D eigenvalue weighted by atomic mass is 35.5. The minimum absolute atomic E-state index is 0.324. The van der Waals surface area contributed by atoms with E-state index in [1.165, 1.54) is 18.2 Å². The summed E-state index contributed by atoms with van der Waals surface area (Å²) >= 11 is 5.40. The van der Waals surface area contributed by atoms with Gasteiger partial charge in [0.1, 0.15) is 11.3 Å². The summed E-state index contributed by atoms with van der Waals surface area (Å²) in [7, 11) is 0. The number of carbonyl (C=O) groups is 1. The molecule has 0 spiro atoms. The second-order valence-electron chi connectivity index (χ2n) is 3.98. The number of oxazole rings is 1. The van der Waals surface area contributed by atoms with Crippen molar-refractivity contribution in [1.82, 2.24) is 4.98 Å². The summed E-state index contributed by atoms with van der Waals surface area (Å²) in [6.45, 7) is 0. The van der Waals surface area contributed by atoms with Crippen LogP contribution in [0.3, 0.4) is 0 Å². The van der Waals surface area contributed by atoms with Gasteiger partial charge in [-0.15, -0.1) is 0 Å². The Labute approximate surface area is 112 Å². The van der Waals surface area contributed by atoms with Gasteiger partial charge in [-0.25, -0.2) is 9.37 Å². The first-order chi connectivity index (χ1) is 9.13. The summed E-state index contributed by atoms with van der Waals surface area (Å²) in [5.41, 5.74) is 2.08. The Kier molecular flexibility index (Phi) is 2.80. The van der Waals surface area contributed by atoms with Crippen LogP contribution in [0.15, 0.2) is 46.9 Å². The van der Waals surface area contributed by atoms with Crippen LogP contribution in [0.5, 0.6) is 0 Å². The molecular weight excluding hydrogens is 269 g/mol. The number of rotatable bonds is 2. The molecule has 19 heavy (non-hydrogen) atoms. The first-order valence-electron chi connectivity index (χ1n) is 5.50. The van der Waals surface area contributed by atoms with Gasteiger partial charge in [-0.1, -0.05) is 0 Å². The Bertz CT molecular complexity index is 765. The van der Waals surface area contributed by atoms with Crippen LogP contribution < -0.4 is 0 Å². The molecule has 1 aromatic heterocycles. The maximum Gasteiger partial charge on any atom is 0.252 e. The van der Waals surface area contributed by atoms with Gasteiger partial charge in [0.15, 0.2) is 5.58 Å². The van der Waals surface area contributed by atoms with Gasteiger partial charge in [0.2, 0.25) is 5.89 Å². The topological polar surface area (TPSA) is 43.1 Å². The van der Waals surface area contributed by atoms with Crippen molar-refractivity contribution in [2.24, 2.45) is 0 Å². The number of benzene rings is 2. The molecule has 0 N–H and O–H groups in total. The van der Waals surface area contributed by atoms with Crippen molar-refractivity contribution in [2.45, 2.75) is 0 Å². The molecule has 3 rings (SSSR count). The third kappa shape index (κ3) is 2.22. The summed E-state index contributed by atoms with van der Waals surface area (Å²) in [6.07, 6.45) is 0. The first-order valence-corrected chi connectivity index (χ1v) is 5.87. The van der Waals surface area contributed by atoms with E-state index in [2.05, 4.69) is 4.98 Å². The van der Waals surface area contributed by atoms with Gasteiger partial charge in [0.05, 0.1) is 0 Å². The molecule has 0 amide bonds. The molecule has 0 fully saturated rings. The van der Waals surface area contributed by atoms with Crippen molar-refractivity contribution in [3.63, 3.8) is 0 Å². The molecule has 94 valence electrons. The van der Waals surface area contributed by atoms with Gasteiger partial charge in [-0.05, 0) is 54.1 Å². The number of hydrogen-bond acceptors (Lipinski definition) is 3. The monoisotopic (exact) mass is 275 g/mol. The molecule has 0 aliphatic rings. The lowest BCUT2D eigenvalue weighted by Crippen LogP contribution is -1.86. The largest absolute Gasteiger partial charge is 0.436 e. The molecule has 0 saturated heterocycles. The van der Waals surface area contributed by atoms with E-state index in [9.17, 15) is 9.18 Å². The lowest BCUT2D eigenvalue weighted by Gasteiger charge is -1.93. The molecule has 0 bridgehead atoms. The van der Waals surface area contributed by atoms with Crippen LogP contribution in [0, 0.1) is 5.82 Å². The normalized spacial score (nSPS) is 10.8. The summed E-state index contributed by atoms with van der Waals surface area (Å²) < 4.78 is 18.4. The van der Waals surface area contributed by atoms with E-state index >= 15 is 0 Å². The van der Waals surface area contributed by atoms with E-state index in [0.717, 1.165) is 0 Å². The molecule has 3 aromatic rings. The van der Waals surface area contributed by atoms with Gasteiger partial charge in [0, 0.05) is 11.1 Å². The Morgan fingerprint density at radius 1 is 1.16 bits per heavy atom. The third-order valence-electron chi connectivity index (χ3n) is 2.71. The minimum Gasteiger partial charge on any atom is -0.436 e. The van der Waals surface area contributed by atoms with Crippen molar-refractivity contribution >= 4 is 27.9 Å². The van der Waals surface area contributed by atoms with E-state index in [-0.39, 0.29) is 5.82 Å². The fraction of sp³-hybridized carbons (Fsp3) is 0. The van der Waals surface area contributed by atoms with E-state index < -0.39 is 5.24 Å². The number of hydrogen-bond donors (Lipinski definition) is 0. The highest BCUT2D eigenvalue weighted by molar-refractivity contribution is 6.67. The van der Waals surface area contributed by atoms with Crippen molar-refractivity contribution in [3.05, 3.63) is 53.8 Å². The zero-order chi connectivity index (χ0) is 13.4. The molecule has 0 atom stereocenters. The average Bonchev–Trinajstić information content (AvgIpc) is 2.82. The molecule has 3 nitrogen and oxygen atoms in total. The highest BCUT2D eigenvalue weighted by Crippen LogP contribution is 2.25. The number of aromatic nitrogens is 1. The summed E-state index contributed by atoms with van der Waals surface area (Å²) in [4.78, 5) is 15.3. The zero-order valence-corrected chi connectivity index (χ0v) is 10.3. The third-order valence-corrected chi connectivity index (χ3v) is 2.92. The van der Waals surface area contributed by atoms with Gasteiger partial charge in [-0.3, -0.25) is 4.79 Å². The Morgan fingerprint density at radius 2 is 1.89 bits per heavy atom. The number of fused-ring (bicyclic) bond motifs is 1. The predicted octanol–water partition coefficient (Wildman–Crippen LogP) is 4.01. The quantitative estimate of drug-likeness (QED) is 0.664. The molecule has 5 heteroatoms. The molecule has 0 radical (unpaired) electrons. The van der Waals surface area contributed by atoms with E-state index in [1.807, 2.05) is 0 Å². The van der Waals surface area contributed by atoms with Crippen LogP contribution in [-0.4, -0.2) is 10.2 Å². The molecule has 2 aromatic carbocycles. The molecule has 0 saturated carbocycles. The Balaban J connectivity index is 2.11. The van der Waals surface area contributed by atoms with E-state index in [0.29, 0.717) is 28.1 Å².